The number of aliphatic hydroxyl groups is 1. The lowest BCUT2D eigenvalue weighted by molar-refractivity contribution is -0.133. The molecule has 1 saturated carbocycles. The van der Waals surface area contributed by atoms with Gasteiger partial charge < -0.3 is 15.3 Å². The molecule has 92 valence electrons. The Bertz CT molecular complexity index is 262. The molecule has 2 fully saturated rings. The zero-order valence-electron chi connectivity index (χ0n) is 10.0. The third kappa shape index (κ3) is 2.09. The number of nitrogens with zero attached hydrogens (tertiary/aromatic N) is 1. The summed E-state index contributed by atoms with van der Waals surface area (Å²) < 4.78 is 0. The summed E-state index contributed by atoms with van der Waals surface area (Å²) in [7, 11) is 0. The maximum atomic E-state index is 12.2. The number of hydrogen-bond acceptors (Lipinski definition) is 3. The van der Waals surface area contributed by atoms with E-state index in [2.05, 4.69) is 5.32 Å². The van der Waals surface area contributed by atoms with Gasteiger partial charge >= 0.3 is 0 Å². The van der Waals surface area contributed by atoms with Crippen molar-refractivity contribution in [1.29, 1.82) is 0 Å². The van der Waals surface area contributed by atoms with E-state index in [1.54, 1.807) is 4.90 Å². The Morgan fingerprint density at radius 1 is 1.50 bits per heavy atom. The minimum absolute atomic E-state index is 0.0703. The first-order chi connectivity index (χ1) is 7.73. The second-order valence-electron chi connectivity index (χ2n) is 5.01. The molecule has 0 radical (unpaired) electrons. The van der Waals surface area contributed by atoms with Crippen LogP contribution in [-0.2, 0) is 4.79 Å². The Kier molecular flexibility index (Phi) is 3.50. The molecule has 1 aliphatic heterocycles. The SMILES string of the molecule is CCN(CCO)C(=O)C1CC12CCNCC2. The largest absolute Gasteiger partial charge is 0.395 e. The summed E-state index contributed by atoms with van der Waals surface area (Å²) in [6.07, 6.45) is 3.34. The Labute approximate surface area is 97.0 Å². The molecule has 16 heavy (non-hydrogen) atoms. The van der Waals surface area contributed by atoms with Gasteiger partial charge in [0, 0.05) is 19.0 Å². The molecule has 4 nitrogen and oxygen atoms in total. The number of amides is 1. The van der Waals surface area contributed by atoms with E-state index in [9.17, 15) is 4.79 Å². The van der Waals surface area contributed by atoms with E-state index in [0.29, 0.717) is 18.5 Å². The van der Waals surface area contributed by atoms with Gasteiger partial charge in [0.25, 0.3) is 0 Å². The van der Waals surface area contributed by atoms with Gasteiger partial charge in [0.2, 0.25) is 5.91 Å². The number of hydrogen-bond donors (Lipinski definition) is 2. The molecular weight excluding hydrogens is 204 g/mol. The molecule has 0 aromatic heterocycles. The van der Waals surface area contributed by atoms with Crippen LogP contribution in [0.1, 0.15) is 26.2 Å². The van der Waals surface area contributed by atoms with Crippen molar-refractivity contribution >= 4 is 5.91 Å². The summed E-state index contributed by atoms with van der Waals surface area (Å²) in [6.45, 7) is 5.35. The fourth-order valence-electron chi connectivity index (χ4n) is 2.94. The Hall–Kier alpha value is -0.610. The number of nitrogens with one attached hydrogen (secondary N) is 1. The van der Waals surface area contributed by atoms with E-state index in [1.165, 1.54) is 0 Å². The number of aliphatic hydroxyl groups excluding tert-OH is 1. The lowest BCUT2D eigenvalue weighted by Crippen LogP contribution is -2.37. The van der Waals surface area contributed by atoms with Crippen molar-refractivity contribution in [3.05, 3.63) is 0 Å². The fraction of sp³-hybridized carbons (Fsp3) is 0.917. The number of piperidine rings is 1. The van der Waals surface area contributed by atoms with Crippen LogP contribution in [0.15, 0.2) is 0 Å². The molecule has 0 aromatic carbocycles. The van der Waals surface area contributed by atoms with Crippen molar-refractivity contribution in [2.75, 3.05) is 32.8 Å². The zero-order chi connectivity index (χ0) is 11.6. The molecule has 2 N–H and O–H groups in total. The monoisotopic (exact) mass is 226 g/mol. The van der Waals surface area contributed by atoms with E-state index in [1.807, 2.05) is 6.92 Å². The van der Waals surface area contributed by atoms with Crippen LogP contribution in [0.3, 0.4) is 0 Å². The molecule has 2 aliphatic rings. The highest BCUT2D eigenvalue weighted by Gasteiger charge is 2.58. The Morgan fingerprint density at radius 2 is 2.19 bits per heavy atom. The van der Waals surface area contributed by atoms with Gasteiger partial charge in [-0.2, -0.15) is 0 Å². The highest BCUT2D eigenvalue weighted by atomic mass is 16.3. The summed E-state index contributed by atoms with van der Waals surface area (Å²) in [5.41, 5.74) is 0.311. The third-order valence-corrected chi connectivity index (χ3v) is 4.15. The van der Waals surface area contributed by atoms with Crippen LogP contribution in [0.4, 0.5) is 0 Å². The summed E-state index contributed by atoms with van der Waals surface area (Å²) in [5.74, 6) is 0.500. The molecule has 1 saturated heterocycles. The fourth-order valence-corrected chi connectivity index (χ4v) is 2.94. The first kappa shape index (κ1) is 11.9. The average molecular weight is 226 g/mol. The highest BCUT2D eigenvalue weighted by molar-refractivity contribution is 5.82. The van der Waals surface area contributed by atoms with Crippen molar-refractivity contribution in [1.82, 2.24) is 10.2 Å². The molecule has 2 rings (SSSR count). The molecule has 0 aromatic rings. The van der Waals surface area contributed by atoms with Crippen LogP contribution in [0.5, 0.6) is 0 Å². The molecule has 4 heteroatoms. The topological polar surface area (TPSA) is 52.6 Å². The number of likely N-dealkylation sites (N-methyl/N-ethyl adjacent to an activating group) is 1. The standard InChI is InChI=1S/C12H22N2O2/c1-2-14(7-8-15)11(16)10-9-12(10)3-5-13-6-4-12/h10,13,15H,2-9H2,1H3. The molecule has 1 aliphatic carbocycles. The maximum Gasteiger partial charge on any atom is 0.226 e. The van der Waals surface area contributed by atoms with Gasteiger partial charge in [-0.3, -0.25) is 4.79 Å². The van der Waals surface area contributed by atoms with Gasteiger partial charge in [0.1, 0.15) is 0 Å². The van der Waals surface area contributed by atoms with Crippen LogP contribution in [0, 0.1) is 11.3 Å². The normalized spacial score (nSPS) is 26.8. The molecule has 1 heterocycles. The van der Waals surface area contributed by atoms with Gasteiger partial charge in [-0.05, 0) is 44.7 Å². The predicted molar refractivity (Wildman–Crippen MR) is 62.0 cm³/mol. The third-order valence-electron chi connectivity index (χ3n) is 4.15. The van der Waals surface area contributed by atoms with Gasteiger partial charge in [0.15, 0.2) is 0 Å². The van der Waals surface area contributed by atoms with Crippen LogP contribution in [-0.4, -0.2) is 48.7 Å². The average Bonchev–Trinajstić information content (AvgIpc) is 3.00. The van der Waals surface area contributed by atoms with E-state index >= 15 is 0 Å². The minimum atomic E-state index is 0.0703. The quantitative estimate of drug-likeness (QED) is 0.721. The first-order valence-electron chi connectivity index (χ1n) is 6.34. The highest BCUT2D eigenvalue weighted by Crippen LogP contribution is 2.59. The van der Waals surface area contributed by atoms with Crippen LogP contribution < -0.4 is 5.32 Å². The van der Waals surface area contributed by atoms with Crippen molar-refractivity contribution in [2.24, 2.45) is 11.3 Å². The van der Waals surface area contributed by atoms with Crippen LogP contribution in [0.2, 0.25) is 0 Å². The van der Waals surface area contributed by atoms with E-state index in [0.717, 1.165) is 32.4 Å². The van der Waals surface area contributed by atoms with Crippen LogP contribution in [0.25, 0.3) is 0 Å². The predicted octanol–water partition coefficient (Wildman–Crippen LogP) is 0.217. The van der Waals surface area contributed by atoms with Crippen molar-refractivity contribution in [3.8, 4) is 0 Å². The summed E-state index contributed by atoms with van der Waals surface area (Å²) >= 11 is 0. The zero-order valence-corrected chi connectivity index (χ0v) is 10.0. The van der Waals surface area contributed by atoms with Gasteiger partial charge in [-0.15, -0.1) is 0 Å². The number of carbonyl (C=O) groups is 1. The van der Waals surface area contributed by atoms with Gasteiger partial charge in [0.05, 0.1) is 6.61 Å². The Morgan fingerprint density at radius 3 is 2.75 bits per heavy atom. The van der Waals surface area contributed by atoms with Crippen LogP contribution >= 0.6 is 0 Å². The lowest BCUT2D eigenvalue weighted by atomic mass is 9.91. The van der Waals surface area contributed by atoms with Gasteiger partial charge in [-0.25, -0.2) is 0 Å². The minimum Gasteiger partial charge on any atom is -0.395 e. The molecule has 1 amide bonds. The number of carbonyl (C=O) groups excluding carboxylic acids is 1. The molecule has 1 spiro atoms. The second-order valence-corrected chi connectivity index (χ2v) is 5.01. The van der Waals surface area contributed by atoms with E-state index in [-0.39, 0.29) is 18.4 Å². The lowest BCUT2D eigenvalue weighted by Gasteiger charge is -2.26. The van der Waals surface area contributed by atoms with Gasteiger partial charge in [-0.1, -0.05) is 0 Å². The first-order valence-corrected chi connectivity index (χ1v) is 6.34. The summed E-state index contributed by atoms with van der Waals surface area (Å²) in [5, 5.41) is 12.3. The molecule has 1 unspecified atom stereocenters. The van der Waals surface area contributed by atoms with E-state index in [4.69, 9.17) is 5.11 Å². The summed E-state index contributed by atoms with van der Waals surface area (Å²) in [6, 6.07) is 0. The van der Waals surface area contributed by atoms with E-state index < -0.39 is 0 Å². The summed E-state index contributed by atoms with van der Waals surface area (Å²) in [4.78, 5) is 14.0. The van der Waals surface area contributed by atoms with Crippen molar-refractivity contribution in [2.45, 2.75) is 26.2 Å². The molecule has 0 bridgehead atoms. The molecular formula is C12H22N2O2. The number of rotatable bonds is 4. The second kappa shape index (κ2) is 4.72. The Balaban J connectivity index is 1.91. The molecule has 1 atom stereocenters. The van der Waals surface area contributed by atoms with Crippen molar-refractivity contribution < 1.29 is 9.90 Å². The maximum absolute atomic E-state index is 12.2. The smallest absolute Gasteiger partial charge is 0.226 e. The van der Waals surface area contributed by atoms with Crippen molar-refractivity contribution in [3.63, 3.8) is 0 Å².